The SMILES string of the molecule is CNc1cc(NCCc2cnn(C)c2)ccn1. The monoisotopic (exact) mass is 231 g/mol. The minimum Gasteiger partial charge on any atom is -0.385 e. The number of aromatic nitrogens is 3. The van der Waals surface area contributed by atoms with E-state index in [9.17, 15) is 0 Å². The Balaban J connectivity index is 1.85. The molecular formula is C12H17N5. The largest absolute Gasteiger partial charge is 0.385 e. The third-order valence-electron chi connectivity index (χ3n) is 2.52. The van der Waals surface area contributed by atoms with E-state index in [4.69, 9.17) is 0 Å². The zero-order valence-electron chi connectivity index (χ0n) is 10.1. The summed E-state index contributed by atoms with van der Waals surface area (Å²) in [5.74, 6) is 0.872. The molecular weight excluding hydrogens is 214 g/mol. The summed E-state index contributed by atoms with van der Waals surface area (Å²) in [7, 11) is 3.79. The molecule has 90 valence electrons. The lowest BCUT2D eigenvalue weighted by Crippen LogP contribution is -2.05. The standard InChI is InChI=1S/C12H17N5/c1-13-12-7-11(4-6-15-12)14-5-3-10-8-16-17(2)9-10/h4,6-9H,3,5H2,1-2H3,(H2,13,14,15). The lowest BCUT2D eigenvalue weighted by molar-refractivity contribution is 0.767. The highest BCUT2D eigenvalue weighted by molar-refractivity contribution is 5.51. The summed E-state index contributed by atoms with van der Waals surface area (Å²) < 4.78 is 1.82. The first-order chi connectivity index (χ1) is 8.28. The van der Waals surface area contributed by atoms with E-state index < -0.39 is 0 Å². The number of rotatable bonds is 5. The van der Waals surface area contributed by atoms with Crippen LogP contribution in [-0.2, 0) is 13.5 Å². The van der Waals surface area contributed by atoms with Crippen LogP contribution >= 0.6 is 0 Å². The second kappa shape index (κ2) is 5.34. The Morgan fingerprint density at radius 2 is 2.29 bits per heavy atom. The van der Waals surface area contributed by atoms with Gasteiger partial charge in [0.1, 0.15) is 5.82 Å². The summed E-state index contributed by atoms with van der Waals surface area (Å²) in [6.07, 6.45) is 6.68. The van der Waals surface area contributed by atoms with Crippen molar-refractivity contribution in [1.29, 1.82) is 0 Å². The lowest BCUT2D eigenvalue weighted by Gasteiger charge is -2.06. The normalized spacial score (nSPS) is 10.2. The quantitative estimate of drug-likeness (QED) is 0.819. The number of nitrogens with one attached hydrogen (secondary N) is 2. The summed E-state index contributed by atoms with van der Waals surface area (Å²) in [4.78, 5) is 4.16. The molecule has 0 radical (unpaired) electrons. The van der Waals surface area contributed by atoms with Crippen LogP contribution in [0.1, 0.15) is 5.56 Å². The maximum atomic E-state index is 4.16. The summed E-state index contributed by atoms with van der Waals surface area (Å²) in [6, 6.07) is 3.95. The molecule has 0 atom stereocenters. The third-order valence-corrected chi connectivity index (χ3v) is 2.52. The van der Waals surface area contributed by atoms with E-state index in [1.165, 1.54) is 5.56 Å². The Labute approximate surface area is 101 Å². The molecule has 0 saturated carbocycles. The molecule has 5 heteroatoms. The molecule has 0 aromatic carbocycles. The Kier molecular flexibility index (Phi) is 3.59. The Hall–Kier alpha value is -2.04. The van der Waals surface area contributed by atoms with Gasteiger partial charge >= 0.3 is 0 Å². The van der Waals surface area contributed by atoms with E-state index in [0.29, 0.717) is 0 Å². The van der Waals surface area contributed by atoms with Gasteiger partial charge in [0.05, 0.1) is 6.20 Å². The smallest absolute Gasteiger partial charge is 0.127 e. The van der Waals surface area contributed by atoms with Gasteiger partial charge in [-0.3, -0.25) is 4.68 Å². The van der Waals surface area contributed by atoms with Crippen molar-refractivity contribution in [2.45, 2.75) is 6.42 Å². The Bertz CT molecular complexity index is 477. The van der Waals surface area contributed by atoms with Crippen LogP contribution in [0, 0.1) is 0 Å². The topological polar surface area (TPSA) is 54.8 Å². The molecule has 0 fully saturated rings. The molecule has 17 heavy (non-hydrogen) atoms. The molecule has 0 spiro atoms. The molecule has 0 bridgehead atoms. The fourth-order valence-corrected chi connectivity index (χ4v) is 1.63. The van der Waals surface area contributed by atoms with Gasteiger partial charge in [0.2, 0.25) is 0 Å². The first-order valence-corrected chi connectivity index (χ1v) is 5.63. The highest BCUT2D eigenvalue weighted by Gasteiger charge is 1.97. The van der Waals surface area contributed by atoms with Crippen LogP contribution in [-0.4, -0.2) is 28.4 Å². The maximum absolute atomic E-state index is 4.16. The number of nitrogens with zero attached hydrogens (tertiary/aromatic N) is 3. The zero-order chi connectivity index (χ0) is 12.1. The van der Waals surface area contributed by atoms with Crippen molar-refractivity contribution in [1.82, 2.24) is 14.8 Å². The van der Waals surface area contributed by atoms with Crippen LogP contribution in [0.15, 0.2) is 30.7 Å². The van der Waals surface area contributed by atoms with Crippen molar-refractivity contribution < 1.29 is 0 Å². The second-order valence-electron chi connectivity index (χ2n) is 3.88. The van der Waals surface area contributed by atoms with Gasteiger partial charge in [-0.15, -0.1) is 0 Å². The third kappa shape index (κ3) is 3.21. The van der Waals surface area contributed by atoms with Crippen molar-refractivity contribution in [3.8, 4) is 0 Å². The minimum absolute atomic E-state index is 0.872. The van der Waals surface area contributed by atoms with Crippen molar-refractivity contribution in [3.63, 3.8) is 0 Å². The number of anilines is 2. The highest BCUT2D eigenvalue weighted by atomic mass is 15.2. The van der Waals surface area contributed by atoms with E-state index in [2.05, 4.69) is 20.7 Å². The fraction of sp³-hybridized carbons (Fsp3) is 0.333. The average Bonchev–Trinajstić information content (AvgIpc) is 2.75. The molecule has 0 saturated heterocycles. The van der Waals surface area contributed by atoms with Crippen LogP contribution in [0.4, 0.5) is 11.5 Å². The van der Waals surface area contributed by atoms with E-state index in [-0.39, 0.29) is 0 Å². The van der Waals surface area contributed by atoms with Crippen molar-refractivity contribution in [3.05, 3.63) is 36.3 Å². The first-order valence-electron chi connectivity index (χ1n) is 5.63. The fourth-order valence-electron chi connectivity index (χ4n) is 1.63. The molecule has 0 aliphatic rings. The van der Waals surface area contributed by atoms with Gasteiger partial charge < -0.3 is 10.6 Å². The molecule has 2 N–H and O–H groups in total. The number of hydrogen-bond donors (Lipinski definition) is 2. The molecule has 0 amide bonds. The molecule has 2 heterocycles. The second-order valence-corrected chi connectivity index (χ2v) is 3.88. The van der Waals surface area contributed by atoms with Gasteiger partial charge in [0, 0.05) is 44.8 Å². The predicted molar refractivity (Wildman–Crippen MR) is 69.2 cm³/mol. The number of pyridine rings is 1. The molecule has 2 aromatic rings. The molecule has 2 rings (SSSR count). The van der Waals surface area contributed by atoms with Crippen molar-refractivity contribution in [2.24, 2.45) is 7.05 Å². The van der Waals surface area contributed by atoms with Gasteiger partial charge in [0.25, 0.3) is 0 Å². The van der Waals surface area contributed by atoms with Crippen LogP contribution in [0.5, 0.6) is 0 Å². The van der Waals surface area contributed by atoms with Crippen LogP contribution in [0.25, 0.3) is 0 Å². The van der Waals surface area contributed by atoms with E-state index >= 15 is 0 Å². The summed E-state index contributed by atoms with van der Waals surface area (Å²) >= 11 is 0. The van der Waals surface area contributed by atoms with Gasteiger partial charge in [-0.05, 0) is 18.1 Å². The van der Waals surface area contributed by atoms with Crippen LogP contribution < -0.4 is 10.6 Å². The van der Waals surface area contributed by atoms with Crippen molar-refractivity contribution >= 4 is 11.5 Å². The molecule has 0 aliphatic heterocycles. The summed E-state index contributed by atoms with van der Waals surface area (Å²) in [5, 5.41) is 10.5. The molecule has 0 unspecified atom stereocenters. The summed E-state index contributed by atoms with van der Waals surface area (Å²) in [5.41, 5.74) is 2.32. The van der Waals surface area contributed by atoms with Crippen molar-refractivity contribution in [2.75, 3.05) is 24.2 Å². The molecule has 0 aliphatic carbocycles. The van der Waals surface area contributed by atoms with Gasteiger partial charge in [-0.1, -0.05) is 0 Å². The lowest BCUT2D eigenvalue weighted by atomic mass is 10.2. The van der Waals surface area contributed by atoms with Crippen LogP contribution in [0.3, 0.4) is 0 Å². The predicted octanol–water partition coefficient (Wildman–Crippen LogP) is 1.51. The maximum Gasteiger partial charge on any atom is 0.127 e. The Morgan fingerprint density at radius 3 is 3.00 bits per heavy atom. The number of aryl methyl sites for hydroxylation is 1. The van der Waals surface area contributed by atoms with Gasteiger partial charge in [0.15, 0.2) is 0 Å². The first kappa shape index (κ1) is 11.4. The average molecular weight is 231 g/mol. The van der Waals surface area contributed by atoms with Crippen LogP contribution in [0.2, 0.25) is 0 Å². The van der Waals surface area contributed by atoms with Gasteiger partial charge in [-0.2, -0.15) is 5.10 Å². The zero-order valence-corrected chi connectivity index (χ0v) is 10.1. The molecule has 2 aromatic heterocycles. The highest BCUT2D eigenvalue weighted by Crippen LogP contribution is 2.11. The van der Waals surface area contributed by atoms with Gasteiger partial charge in [-0.25, -0.2) is 4.98 Å². The number of hydrogen-bond acceptors (Lipinski definition) is 4. The minimum atomic E-state index is 0.872. The molecule has 5 nitrogen and oxygen atoms in total. The summed E-state index contributed by atoms with van der Waals surface area (Å²) in [6.45, 7) is 0.888. The van der Waals surface area contributed by atoms with E-state index in [1.54, 1.807) is 6.20 Å². The Morgan fingerprint density at radius 1 is 1.41 bits per heavy atom. The van der Waals surface area contributed by atoms with E-state index in [0.717, 1.165) is 24.5 Å². The van der Waals surface area contributed by atoms with E-state index in [1.807, 2.05) is 43.3 Å².